The number of nitrogens with zero attached hydrogens (tertiary/aromatic N) is 3. The van der Waals surface area contributed by atoms with Gasteiger partial charge in [0.1, 0.15) is 15.0 Å². The molecule has 2 atom stereocenters. The molecular formula is C16H15ClF2N4OS. The van der Waals surface area contributed by atoms with Gasteiger partial charge in [-0.1, -0.05) is 17.7 Å². The van der Waals surface area contributed by atoms with Crippen LogP contribution < -0.4 is 5.32 Å². The molecule has 0 aromatic carbocycles. The zero-order chi connectivity index (χ0) is 17.6. The Kier molecular flexibility index (Phi) is 4.23. The van der Waals surface area contributed by atoms with Crippen molar-refractivity contribution in [1.29, 1.82) is 0 Å². The molecule has 0 amide bonds. The van der Waals surface area contributed by atoms with Crippen LogP contribution in [0.3, 0.4) is 0 Å². The molecule has 0 spiro atoms. The predicted molar refractivity (Wildman–Crippen MR) is 92.0 cm³/mol. The van der Waals surface area contributed by atoms with E-state index in [1.54, 1.807) is 10.7 Å². The number of aliphatic hydroxyl groups excluding tert-OH is 1. The number of pyridine rings is 1. The summed E-state index contributed by atoms with van der Waals surface area (Å²) < 4.78 is 28.7. The van der Waals surface area contributed by atoms with Crippen LogP contribution in [0.4, 0.5) is 8.78 Å². The van der Waals surface area contributed by atoms with Gasteiger partial charge in [0.25, 0.3) is 0 Å². The van der Waals surface area contributed by atoms with Gasteiger partial charge in [-0.05, 0) is 18.6 Å². The third-order valence-corrected chi connectivity index (χ3v) is 5.62. The van der Waals surface area contributed by atoms with E-state index in [2.05, 4.69) is 15.4 Å². The summed E-state index contributed by atoms with van der Waals surface area (Å²) in [6.45, 7) is 0. The number of aromatic nitrogens is 3. The van der Waals surface area contributed by atoms with Crippen molar-refractivity contribution < 1.29 is 13.9 Å². The summed E-state index contributed by atoms with van der Waals surface area (Å²) in [6, 6.07) is 5.21. The van der Waals surface area contributed by atoms with Gasteiger partial charge in [-0.3, -0.25) is 5.32 Å². The summed E-state index contributed by atoms with van der Waals surface area (Å²) in [6.07, 6.45) is 2.24. The largest absolute Gasteiger partial charge is 0.372 e. The van der Waals surface area contributed by atoms with Crippen LogP contribution in [-0.2, 0) is 0 Å². The third-order valence-electron chi connectivity index (χ3n) is 4.32. The highest BCUT2D eigenvalue weighted by molar-refractivity contribution is 7.16. The number of rotatable bonds is 4. The fourth-order valence-electron chi connectivity index (χ4n) is 3.10. The Morgan fingerprint density at radius 1 is 1.44 bits per heavy atom. The summed E-state index contributed by atoms with van der Waals surface area (Å²) in [7, 11) is 0. The maximum atomic E-state index is 13.3. The van der Waals surface area contributed by atoms with Gasteiger partial charge in [-0.2, -0.15) is 5.10 Å². The smallest absolute Gasteiger partial charge is 0.249 e. The molecule has 1 aliphatic carbocycles. The van der Waals surface area contributed by atoms with Crippen LogP contribution in [0.5, 0.6) is 0 Å². The number of halogens is 3. The maximum absolute atomic E-state index is 13.3. The van der Waals surface area contributed by atoms with Crippen molar-refractivity contribution in [3.05, 3.63) is 39.9 Å². The van der Waals surface area contributed by atoms with Crippen LogP contribution in [0, 0.1) is 0 Å². The van der Waals surface area contributed by atoms with Crippen molar-refractivity contribution in [3.63, 3.8) is 0 Å². The SMILES string of the molecule is OC(NC1CCC(F)(F)C1)c1nc(-c2cnn3ccccc23)c(Cl)s1. The van der Waals surface area contributed by atoms with Crippen molar-refractivity contribution in [2.24, 2.45) is 0 Å². The zero-order valence-corrected chi connectivity index (χ0v) is 14.6. The minimum Gasteiger partial charge on any atom is -0.372 e. The number of thiazole rings is 1. The zero-order valence-electron chi connectivity index (χ0n) is 13.0. The van der Waals surface area contributed by atoms with E-state index in [1.165, 1.54) is 0 Å². The second kappa shape index (κ2) is 6.28. The second-order valence-corrected chi connectivity index (χ2v) is 7.76. The third kappa shape index (κ3) is 3.27. The summed E-state index contributed by atoms with van der Waals surface area (Å²) in [5.74, 6) is -2.67. The maximum Gasteiger partial charge on any atom is 0.249 e. The van der Waals surface area contributed by atoms with Crippen molar-refractivity contribution >= 4 is 28.5 Å². The average Bonchev–Trinajstić information content (AvgIpc) is 3.24. The van der Waals surface area contributed by atoms with Gasteiger partial charge in [0.05, 0.1) is 11.7 Å². The number of aliphatic hydroxyl groups is 1. The van der Waals surface area contributed by atoms with Crippen molar-refractivity contribution in [2.45, 2.75) is 37.5 Å². The number of fused-ring (bicyclic) bond motifs is 1. The molecule has 1 saturated carbocycles. The Morgan fingerprint density at radius 2 is 2.28 bits per heavy atom. The van der Waals surface area contributed by atoms with Crippen LogP contribution in [0.25, 0.3) is 16.8 Å². The van der Waals surface area contributed by atoms with Crippen LogP contribution in [0.2, 0.25) is 4.34 Å². The molecule has 2 unspecified atom stereocenters. The Labute approximate surface area is 151 Å². The van der Waals surface area contributed by atoms with E-state index in [0.29, 0.717) is 21.5 Å². The first kappa shape index (κ1) is 16.8. The predicted octanol–water partition coefficient (Wildman–Crippen LogP) is 3.88. The summed E-state index contributed by atoms with van der Waals surface area (Å²) >= 11 is 7.43. The minimum atomic E-state index is -2.67. The first-order chi connectivity index (χ1) is 11.9. The fraction of sp³-hybridized carbons (Fsp3) is 0.375. The molecule has 0 saturated heterocycles. The van der Waals surface area contributed by atoms with Gasteiger partial charge in [0.2, 0.25) is 5.92 Å². The van der Waals surface area contributed by atoms with E-state index in [4.69, 9.17) is 11.6 Å². The normalized spacial score (nSPS) is 21.0. The molecule has 4 rings (SSSR count). The Hall–Kier alpha value is -1.61. The summed E-state index contributed by atoms with van der Waals surface area (Å²) in [5.41, 5.74) is 2.13. The fourth-order valence-corrected chi connectivity index (χ4v) is 4.24. The van der Waals surface area contributed by atoms with Gasteiger partial charge in [-0.15, -0.1) is 11.3 Å². The molecule has 0 bridgehead atoms. The molecule has 3 heterocycles. The molecule has 1 aliphatic rings. The van der Waals surface area contributed by atoms with Crippen molar-refractivity contribution in [3.8, 4) is 11.3 Å². The number of nitrogens with one attached hydrogen (secondary N) is 1. The Balaban J connectivity index is 1.58. The molecule has 1 fully saturated rings. The Bertz CT molecular complexity index is 913. The van der Waals surface area contributed by atoms with Crippen LogP contribution in [0.1, 0.15) is 30.5 Å². The highest BCUT2D eigenvalue weighted by Crippen LogP contribution is 2.38. The lowest BCUT2D eigenvalue weighted by Gasteiger charge is -2.16. The van der Waals surface area contributed by atoms with E-state index >= 15 is 0 Å². The monoisotopic (exact) mass is 384 g/mol. The van der Waals surface area contributed by atoms with E-state index < -0.39 is 18.2 Å². The first-order valence-corrected chi connectivity index (χ1v) is 9.03. The molecule has 132 valence electrons. The molecule has 25 heavy (non-hydrogen) atoms. The van der Waals surface area contributed by atoms with Gasteiger partial charge < -0.3 is 5.11 Å². The lowest BCUT2D eigenvalue weighted by molar-refractivity contribution is 0.00435. The van der Waals surface area contributed by atoms with E-state index in [1.807, 2.05) is 24.4 Å². The van der Waals surface area contributed by atoms with E-state index in [-0.39, 0.29) is 12.8 Å². The molecule has 5 nitrogen and oxygen atoms in total. The molecule has 9 heteroatoms. The van der Waals surface area contributed by atoms with Gasteiger partial charge in [-0.25, -0.2) is 18.3 Å². The van der Waals surface area contributed by atoms with Crippen LogP contribution in [-0.4, -0.2) is 31.7 Å². The molecule has 2 N–H and O–H groups in total. The first-order valence-electron chi connectivity index (χ1n) is 7.84. The highest BCUT2D eigenvalue weighted by atomic mass is 35.5. The topological polar surface area (TPSA) is 62.5 Å². The molecular weight excluding hydrogens is 370 g/mol. The van der Waals surface area contributed by atoms with Gasteiger partial charge >= 0.3 is 0 Å². The van der Waals surface area contributed by atoms with Crippen molar-refractivity contribution in [2.75, 3.05) is 0 Å². The van der Waals surface area contributed by atoms with Crippen molar-refractivity contribution in [1.82, 2.24) is 19.9 Å². The lowest BCUT2D eigenvalue weighted by atomic mass is 10.2. The molecule has 3 aromatic rings. The van der Waals surface area contributed by atoms with Gasteiger partial charge in [0.15, 0.2) is 6.23 Å². The van der Waals surface area contributed by atoms with Gasteiger partial charge in [0, 0.05) is 30.6 Å². The summed E-state index contributed by atoms with van der Waals surface area (Å²) in [5, 5.41) is 17.7. The highest BCUT2D eigenvalue weighted by Gasteiger charge is 2.40. The number of hydrogen-bond acceptors (Lipinski definition) is 5. The van der Waals surface area contributed by atoms with Crippen LogP contribution >= 0.6 is 22.9 Å². The average molecular weight is 385 g/mol. The number of hydrogen-bond donors (Lipinski definition) is 2. The quantitative estimate of drug-likeness (QED) is 0.670. The van der Waals surface area contributed by atoms with E-state index in [9.17, 15) is 13.9 Å². The van der Waals surface area contributed by atoms with E-state index in [0.717, 1.165) is 22.4 Å². The summed E-state index contributed by atoms with van der Waals surface area (Å²) in [4.78, 5) is 4.41. The second-order valence-electron chi connectivity index (χ2n) is 6.13. The molecule has 0 radical (unpaired) electrons. The molecule has 3 aromatic heterocycles. The Morgan fingerprint density at radius 3 is 3.04 bits per heavy atom. The lowest BCUT2D eigenvalue weighted by Crippen LogP contribution is -2.31. The standard InChI is InChI=1S/C16H15ClF2N4OS/c17-13-12(10-8-20-23-6-2-1-3-11(10)23)22-15(25-13)14(24)21-9-4-5-16(18,19)7-9/h1-3,6,8-9,14,21,24H,4-5,7H2. The number of alkyl halides is 2. The molecule has 0 aliphatic heterocycles. The minimum absolute atomic E-state index is 0.163. The van der Waals surface area contributed by atoms with Crippen LogP contribution in [0.15, 0.2) is 30.6 Å².